The molecule has 7 heteroatoms. The Labute approximate surface area is 211 Å². The molecular weight excluding hydrogens is 512 g/mol. The highest BCUT2D eigenvalue weighted by Crippen LogP contribution is 2.41. The van der Waals surface area contributed by atoms with E-state index in [4.69, 9.17) is 18.6 Å². The number of hydrogen-bond donors (Lipinski definition) is 0. The van der Waals surface area contributed by atoms with Gasteiger partial charge in [-0.15, -0.1) is 0 Å². The van der Waals surface area contributed by atoms with Crippen molar-refractivity contribution in [2.45, 2.75) is 26.2 Å². The zero-order valence-electron chi connectivity index (χ0n) is 20.1. The van der Waals surface area contributed by atoms with Crippen LogP contribution >= 0.6 is 15.9 Å². The van der Waals surface area contributed by atoms with E-state index in [-0.39, 0.29) is 16.9 Å². The van der Waals surface area contributed by atoms with Gasteiger partial charge in [-0.2, -0.15) is 0 Å². The number of carbonyl (C=O) groups excluding carboxylic acids is 1. The Bertz CT molecular complexity index is 1460. The molecule has 0 aliphatic rings. The van der Waals surface area contributed by atoms with E-state index >= 15 is 0 Å². The first-order valence-corrected chi connectivity index (χ1v) is 11.7. The van der Waals surface area contributed by atoms with Crippen molar-refractivity contribution >= 4 is 32.9 Å². The van der Waals surface area contributed by atoms with E-state index in [0.29, 0.717) is 38.1 Å². The van der Waals surface area contributed by atoms with Crippen molar-refractivity contribution in [3.63, 3.8) is 0 Å². The van der Waals surface area contributed by atoms with E-state index in [9.17, 15) is 9.59 Å². The summed E-state index contributed by atoms with van der Waals surface area (Å²) in [5.74, 6) is 0.149. The molecule has 6 nitrogen and oxygen atoms in total. The van der Waals surface area contributed by atoms with Crippen LogP contribution in [0.2, 0.25) is 0 Å². The SMILES string of the molecule is COc1cc(-c2oc3ccccc3c(=O)c2OC(=O)c2ccc(C(C)(C)C)cc2)cc(Br)c1OC. The van der Waals surface area contributed by atoms with Crippen LogP contribution < -0.4 is 19.6 Å². The summed E-state index contributed by atoms with van der Waals surface area (Å²) in [5.41, 5.74) is 1.74. The van der Waals surface area contributed by atoms with E-state index in [1.165, 1.54) is 14.2 Å². The predicted molar refractivity (Wildman–Crippen MR) is 139 cm³/mol. The number of esters is 1. The molecule has 180 valence electrons. The Kier molecular flexibility index (Phi) is 6.72. The minimum atomic E-state index is -0.658. The molecule has 4 aromatic rings. The minimum absolute atomic E-state index is 0.0597. The first kappa shape index (κ1) is 24.5. The monoisotopic (exact) mass is 536 g/mol. The zero-order valence-corrected chi connectivity index (χ0v) is 21.7. The standard InChI is InChI=1S/C28H25BrO6/c1-28(2,3)18-12-10-16(11-13-18)27(31)35-26-23(30)19-8-6-7-9-21(19)34-24(26)17-14-20(29)25(33-5)22(15-17)32-4/h6-15H,1-5H3. The highest BCUT2D eigenvalue weighted by atomic mass is 79.9. The predicted octanol–water partition coefficient (Wildman–Crippen LogP) is 6.76. The van der Waals surface area contributed by atoms with Gasteiger partial charge in [-0.25, -0.2) is 4.79 Å². The molecule has 0 fully saturated rings. The third-order valence-corrected chi connectivity index (χ3v) is 6.22. The summed E-state index contributed by atoms with van der Waals surface area (Å²) in [6, 6.07) is 17.3. The zero-order chi connectivity index (χ0) is 25.3. The molecule has 0 radical (unpaired) electrons. The maximum Gasteiger partial charge on any atom is 0.343 e. The first-order chi connectivity index (χ1) is 16.6. The molecule has 3 aromatic carbocycles. The first-order valence-electron chi connectivity index (χ1n) is 10.9. The van der Waals surface area contributed by atoms with Gasteiger partial charge in [0.05, 0.1) is 29.6 Å². The van der Waals surface area contributed by atoms with Crippen molar-refractivity contribution in [3.8, 4) is 28.6 Å². The molecule has 1 heterocycles. The molecule has 0 saturated heterocycles. The molecule has 0 aliphatic carbocycles. The number of halogens is 1. The number of rotatable bonds is 5. The highest BCUT2D eigenvalue weighted by molar-refractivity contribution is 9.10. The van der Waals surface area contributed by atoms with Gasteiger partial charge in [0, 0.05) is 5.56 Å². The average molecular weight is 537 g/mol. The third-order valence-electron chi connectivity index (χ3n) is 5.63. The molecule has 0 unspecified atom stereocenters. The van der Waals surface area contributed by atoms with Gasteiger partial charge in [0.15, 0.2) is 17.3 Å². The number of carbonyl (C=O) groups is 1. The second-order valence-electron chi connectivity index (χ2n) is 9.00. The Hall–Kier alpha value is -3.58. The van der Waals surface area contributed by atoms with Crippen LogP contribution in [-0.2, 0) is 5.41 Å². The molecule has 0 amide bonds. The minimum Gasteiger partial charge on any atom is -0.493 e. The maximum absolute atomic E-state index is 13.4. The fourth-order valence-corrected chi connectivity index (χ4v) is 4.32. The summed E-state index contributed by atoms with van der Waals surface area (Å²) in [7, 11) is 3.03. The summed E-state index contributed by atoms with van der Waals surface area (Å²) < 4.78 is 23.2. The van der Waals surface area contributed by atoms with Crippen molar-refractivity contribution < 1.29 is 23.4 Å². The number of fused-ring (bicyclic) bond motifs is 1. The lowest BCUT2D eigenvalue weighted by atomic mass is 9.87. The van der Waals surface area contributed by atoms with Crippen LogP contribution in [-0.4, -0.2) is 20.2 Å². The van der Waals surface area contributed by atoms with Gasteiger partial charge in [0.1, 0.15) is 5.58 Å². The largest absolute Gasteiger partial charge is 0.493 e. The number of methoxy groups -OCH3 is 2. The fourth-order valence-electron chi connectivity index (χ4n) is 3.71. The lowest BCUT2D eigenvalue weighted by Gasteiger charge is -2.19. The van der Waals surface area contributed by atoms with Crippen molar-refractivity contribution in [2.24, 2.45) is 0 Å². The van der Waals surface area contributed by atoms with E-state index in [0.717, 1.165) is 5.56 Å². The molecule has 0 aliphatic heterocycles. The number of hydrogen-bond acceptors (Lipinski definition) is 6. The van der Waals surface area contributed by atoms with E-state index in [1.807, 2.05) is 12.1 Å². The molecule has 0 spiro atoms. The Morgan fingerprint density at radius 3 is 2.23 bits per heavy atom. The number of para-hydroxylation sites is 1. The molecule has 4 rings (SSSR count). The van der Waals surface area contributed by atoms with Crippen LogP contribution in [0.4, 0.5) is 0 Å². The van der Waals surface area contributed by atoms with Crippen molar-refractivity contribution in [3.05, 3.63) is 86.5 Å². The molecule has 1 aromatic heterocycles. The lowest BCUT2D eigenvalue weighted by Crippen LogP contribution is -2.17. The third kappa shape index (κ3) is 4.82. The second kappa shape index (κ2) is 9.58. The van der Waals surface area contributed by atoms with Gasteiger partial charge in [-0.05, 0) is 63.3 Å². The Morgan fingerprint density at radius 2 is 1.60 bits per heavy atom. The molecule has 35 heavy (non-hydrogen) atoms. The van der Waals surface area contributed by atoms with E-state index in [2.05, 4.69) is 36.7 Å². The molecular formula is C28H25BrO6. The molecule has 0 saturated carbocycles. The second-order valence-corrected chi connectivity index (χ2v) is 9.85. The van der Waals surface area contributed by atoms with Gasteiger partial charge >= 0.3 is 5.97 Å². The van der Waals surface area contributed by atoms with Gasteiger partial charge in [0.2, 0.25) is 11.2 Å². The molecule has 0 atom stereocenters. The van der Waals surface area contributed by atoms with Crippen LogP contribution in [0, 0.1) is 0 Å². The topological polar surface area (TPSA) is 75.0 Å². The van der Waals surface area contributed by atoms with Crippen molar-refractivity contribution in [1.29, 1.82) is 0 Å². The van der Waals surface area contributed by atoms with Gasteiger partial charge in [-0.1, -0.05) is 45.0 Å². The van der Waals surface area contributed by atoms with Gasteiger partial charge in [0.25, 0.3) is 0 Å². The Balaban J connectivity index is 1.86. The van der Waals surface area contributed by atoms with Crippen LogP contribution in [0.25, 0.3) is 22.3 Å². The summed E-state index contributed by atoms with van der Waals surface area (Å²) in [6.45, 7) is 6.27. The maximum atomic E-state index is 13.4. The van der Waals surface area contributed by atoms with Crippen LogP contribution in [0.1, 0.15) is 36.7 Å². The van der Waals surface area contributed by atoms with E-state index in [1.54, 1.807) is 48.5 Å². The quantitative estimate of drug-likeness (QED) is 0.262. The number of ether oxygens (including phenoxy) is 3. The molecule has 0 N–H and O–H groups in total. The van der Waals surface area contributed by atoms with Crippen molar-refractivity contribution in [2.75, 3.05) is 14.2 Å². The fraction of sp³-hybridized carbons (Fsp3) is 0.214. The Morgan fingerprint density at radius 1 is 0.914 bits per heavy atom. The smallest absolute Gasteiger partial charge is 0.343 e. The highest BCUT2D eigenvalue weighted by Gasteiger charge is 2.24. The normalized spacial score (nSPS) is 11.4. The molecule has 0 bridgehead atoms. The van der Waals surface area contributed by atoms with Gasteiger partial charge < -0.3 is 18.6 Å². The summed E-state index contributed by atoms with van der Waals surface area (Å²) in [4.78, 5) is 26.5. The van der Waals surface area contributed by atoms with Crippen molar-refractivity contribution in [1.82, 2.24) is 0 Å². The van der Waals surface area contributed by atoms with E-state index < -0.39 is 11.4 Å². The lowest BCUT2D eigenvalue weighted by molar-refractivity contribution is 0.0731. The summed E-state index contributed by atoms with van der Waals surface area (Å²) >= 11 is 3.47. The summed E-state index contributed by atoms with van der Waals surface area (Å²) in [5, 5.41) is 0.307. The van der Waals surface area contributed by atoms with Gasteiger partial charge in [-0.3, -0.25) is 4.79 Å². The summed E-state index contributed by atoms with van der Waals surface area (Å²) in [6.07, 6.45) is 0. The average Bonchev–Trinajstić information content (AvgIpc) is 2.84. The van der Waals surface area contributed by atoms with Crippen LogP contribution in [0.5, 0.6) is 17.2 Å². The van der Waals surface area contributed by atoms with Crippen LogP contribution in [0.15, 0.2) is 74.3 Å². The van der Waals surface area contributed by atoms with Crippen LogP contribution in [0.3, 0.4) is 0 Å². The number of benzene rings is 3.